The van der Waals surface area contributed by atoms with Crippen LogP contribution in [0.2, 0.25) is 0 Å². The molecular formula is C32H46N2. The Morgan fingerprint density at radius 3 is 2.29 bits per heavy atom. The molecule has 0 aliphatic heterocycles. The third-order valence-corrected chi connectivity index (χ3v) is 6.47. The fraction of sp³-hybridized carbons (Fsp3) is 0.469. The molecule has 0 bridgehead atoms. The molecule has 2 nitrogen and oxygen atoms in total. The van der Waals surface area contributed by atoms with Gasteiger partial charge in [-0.2, -0.15) is 0 Å². The maximum atomic E-state index is 4.44. The number of benzene rings is 1. The molecule has 0 atom stereocenters. The zero-order valence-corrected chi connectivity index (χ0v) is 22.7. The molecule has 1 saturated carbocycles. The van der Waals surface area contributed by atoms with Crippen LogP contribution in [0.25, 0.3) is 5.57 Å². The van der Waals surface area contributed by atoms with E-state index in [-0.39, 0.29) is 0 Å². The number of rotatable bonds is 13. The lowest BCUT2D eigenvalue weighted by atomic mass is 9.96. The van der Waals surface area contributed by atoms with E-state index in [0.717, 1.165) is 30.6 Å². The van der Waals surface area contributed by atoms with E-state index < -0.39 is 0 Å². The summed E-state index contributed by atoms with van der Waals surface area (Å²) in [5.41, 5.74) is 9.65. The summed E-state index contributed by atoms with van der Waals surface area (Å²) in [4.78, 5) is 6.98. The average Bonchev–Trinajstić information content (AvgIpc) is 3.62. The second kappa shape index (κ2) is 12.7. The van der Waals surface area contributed by atoms with Gasteiger partial charge in [-0.05, 0) is 92.5 Å². The summed E-state index contributed by atoms with van der Waals surface area (Å²) in [6.45, 7) is 28.8. The highest BCUT2D eigenvalue weighted by Crippen LogP contribution is 2.40. The zero-order chi connectivity index (χ0) is 25.4. The van der Waals surface area contributed by atoms with Gasteiger partial charge >= 0.3 is 0 Å². The van der Waals surface area contributed by atoms with E-state index >= 15 is 0 Å². The molecule has 34 heavy (non-hydrogen) atoms. The first-order chi connectivity index (χ1) is 16.1. The molecule has 0 unspecified atom stereocenters. The second-order valence-corrected chi connectivity index (χ2v) is 10.6. The topological polar surface area (TPSA) is 15.6 Å². The first kappa shape index (κ1) is 27.6. The Morgan fingerprint density at radius 1 is 1.12 bits per heavy atom. The van der Waals surface area contributed by atoms with Crippen LogP contribution in [0.3, 0.4) is 0 Å². The molecule has 1 aliphatic carbocycles. The lowest BCUT2D eigenvalue weighted by molar-refractivity contribution is 0.674. The minimum absolute atomic E-state index is 0.448. The van der Waals surface area contributed by atoms with E-state index in [4.69, 9.17) is 0 Å². The van der Waals surface area contributed by atoms with Crippen LogP contribution in [0.5, 0.6) is 0 Å². The molecule has 0 radical (unpaired) electrons. The van der Waals surface area contributed by atoms with Gasteiger partial charge in [-0.15, -0.1) is 0 Å². The zero-order valence-electron chi connectivity index (χ0n) is 22.7. The molecule has 184 valence electrons. The minimum Gasteiger partial charge on any atom is -0.363 e. The fourth-order valence-electron chi connectivity index (χ4n) is 4.00. The average molecular weight is 459 g/mol. The van der Waals surface area contributed by atoms with Crippen LogP contribution < -0.4 is 4.90 Å². The molecule has 0 aromatic heterocycles. The lowest BCUT2D eigenvalue weighted by Gasteiger charge is -2.29. The summed E-state index contributed by atoms with van der Waals surface area (Å²) < 4.78 is 0. The number of anilines is 1. The smallest absolute Gasteiger partial charge is 0.0862 e. The van der Waals surface area contributed by atoms with E-state index in [1.807, 2.05) is 0 Å². The maximum absolute atomic E-state index is 4.44. The van der Waals surface area contributed by atoms with Crippen molar-refractivity contribution < 1.29 is 0 Å². The molecule has 1 aliphatic rings. The summed E-state index contributed by atoms with van der Waals surface area (Å²) in [5.74, 6) is 1.03. The highest BCUT2D eigenvalue weighted by Gasteiger charge is 2.31. The molecule has 1 aromatic rings. The van der Waals surface area contributed by atoms with Crippen molar-refractivity contribution in [1.29, 1.82) is 0 Å². The Kier molecular flexibility index (Phi) is 10.4. The molecule has 0 spiro atoms. The first-order valence-electron chi connectivity index (χ1n) is 12.9. The Balaban J connectivity index is 2.42. The van der Waals surface area contributed by atoms with E-state index in [9.17, 15) is 0 Å². The van der Waals surface area contributed by atoms with Crippen LogP contribution in [0.4, 0.5) is 11.4 Å². The number of hydrogen-bond donors (Lipinski definition) is 0. The van der Waals surface area contributed by atoms with Crippen LogP contribution >= 0.6 is 0 Å². The Labute approximate surface area is 209 Å². The van der Waals surface area contributed by atoms with E-state index in [1.54, 1.807) is 0 Å². The summed E-state index contributed by atoms with van der Waals surface area (Å²) in [6.07, 6.45) is 11.2. The van der Waals surface area contributed by atoms with Gasteiger partial charge in [0.05, 0.1) is 11.4 Å². The van der Waals surface area contributed by atoms with E-state index in [0.29, 0.717) is 17.9 Å². The van der Waals surface area contributed by atoms with Crippen LogP contribution in [-0.2, 0) is 0 Å². The van der Waals surface area contributed by atoms with E-state index in [2.05, 4.69) is 115 Å². The lowest BCUT2D eigenvalue weighted by Crippen LogP contribution is -2.29. The molecular weight excluding hydrogens is 412 g/mol. The van der Waals surface area contributed by atoms with Crippen LogP contribution in [0.15, 0.2) is 76.9 Å². The number of hydrogen-bond acceptors (Lipinski definition) is 2. The van der Waals surface area contributed by atoms with Gasteiger partial charge in [0.25, 0.3) is 0 Å². The molecule has 1 aromatic carbocycles. The number of allylic oxidation sites excluding steroid dienone is 7. The van der Waals surface area contributed by atoms with Gasteiger partial charge in [-0.25, -0.2) is 0 Å². The second-order valence-electron chi connectivity index (χ2n) is 10.6. The minimum atomic E-state index is 0.448. The van der Waals surface area contributed by atoms with Crippen molar-refractivity contribution in [3.63, 3.8) is 0 Å². The van der Waals surface area contributed by atoms with Crippen LogP contribution in [-0.4, -0.2) is 19.3 Å². The van der Waals surface area contributed by atoms with Crippen molar-refractivity contribution in [3.05, 3.63) is 77.4 Å². The van der Waals surface area contributed by atoms with Crippen LogP contribution in [0.1, 0.15) is 79.7 Å². The monoisotopic (exact) mass is 458 g/mol. The van der Waals surface area contributed by atoms with Crippen molar-refractivity contribution in [1.82, 2.24) is 0 Å². The molecule has 2 rings (SSSR count). The Bertz CT molecular complexity index is 976. The predicted octanol–water partition coefficient (Wildman–Crippen LogP) is 9.49. The number of nitrogens with zero attached hydrogens (tertiary/aromatic N) is 2. The molecule has 0 amide bonds. The third-order valence-electron chi connectivity index (χ3n) is 6.47. The molecule has 0 heterocycles. The summed E-state index contributed by atoms with van der Waals surface area (Å²) in [5, 5.41) is 0. The summed E-state index contributed by atoms with van der Waals surface area (Å²) >= 11 is 0. The Hall–Kier alpha value is -2.61. The summed E-state index contributed by atoms with van der Waals surface area (Å²) in [7, 11) is 0. The SMILES string of the molecule is C=Nc1cc(C(=C)CC(C)C)ccc1N(C/C(=C/C(/C=C\C(=C)CC)=C(C)C)C(C)C)C1CC1. The molecule has 1 fully saturated rings. The predicted molar refractivity (Wildman–Crippen MR) is 154 cm³/mol. The third kappa shape index (κ3) is 8.01. The molecule has 2 heteroatoms. The van der Waals surface area contributed by atoms with Gasteiger partial charge in [-0.1, -0.05) is 83.2 Å². The normalized spacial score (nSPS) is 14.1. The van der Waals surface area contributed by atoms with Crippen molar-refractivity contribution in [2.45, 2.75) is 80.2 Å². The van der Waals surface area contributed by atoms with Crippen LogP contribution in [0, 0.1) is 11.8 Å². The van der Waals surface area contributed by atoms with Gasteiger partial charge in [0, 0.05) is 12.6 Å². The van der Waals surface area contributed by atoms with Gasteiger partial charge < -0.3 is 4.90 Å². The van der Waals surface area contributed by atoms with E-state index in [1.165, 1.54) is 46.4 Å². The largest absolute Gasteiger partial charge is 0.363 e. The van der Waals surface area contributed by atoms with Gasteiger partial charge in [0.2, 0.25) is 0 Å². The van der Waals surface area contributed by atoms with Crippen molar-refractivity contribution in [2.75, 3.05) is 11.4 Å². The first-order valence-corrected chi connectivity index (χ1v) is 12.9. The molecule has 0 N–H and O–H groups in total. The van der Waals surface area contributed by atoms with Crippen molar-refractivity contribution in [3.8, 4) is 0 Å². The quantitative estimate of drug-likeness (QED) is 0.212. The fourth-order valence-corrected chi connectivity index (χ4v) is 4.00. The Morgan fingerprint density at radius 2 is 1.79 bits per heavy atom. The molecule has 0 saturated heterocycles. The van der Waals surface area contributed by atoms with Crippen molar-refractivity contribution >= 4 is 23.7 Å². The standard InChI is InChI=1S/C32H46N2/c1-11-25(8)12-13-27(23(4)5)19-29(24(6)7)21-34(30-15-16-30)32-17-14-28(20-31(32)33-10)26(9)18-22(2)3/h12-14,17,19-20,22,24,30H,8-11,15-16,18,21H2,1-7H3/b13-12-,29-19-. The van der Waals surface area contributed by atoms with Gasteiger partial charge in [0.1, 0.15) is 0 Å². The van der Waals surface area contributed by atoms with Gasteiger partial charge in [-0.3, -0.25) is 4.99 Å². The highest BCUT2D eigenvalue weighted by atomic mass is 15.2. The maximum Gasteiger partial charge on any atom is 0.0862 e. The summed E-state index contributed by atoms with van der Waals surface area (Å²) in [6, 6.07) is 7.18. The highest BCUT2D eigenvalue weighted by molar-refractivity contribution is 5.76. The van der Waals surface area contributed by atoms with Crippen molar-refractivity contribution in [2.24, 2.45) is 16.8 Å². The number of aliphatic imine (C=N–C) groups is 1. The van der Waals surface area contributed by atoms with Gasteiger partial charge in [0.15, 0.2) is 0 Å².